The molecule has 1 saturated carbocycles. The minimum atomic E-state index is -3.73. The Balaban J connectivity index is 1.80. The highest BCUT2D eigenvalue weighted by Crippen LogP contribution is 2.29. The number of nitrogens with zero attached hydrogens (tertiary/aromatic N) is 3. The molecule has 0 radical (unpaired) electrons. The Bertz CT molecular complexity index is 936. The Labute approximate surface area is 181 Å². The summed E-state index contributed by atoms with van der Waals surface area (Å²) in [5.74, 6) is -0.134. The van der Waals surface area contributed by atoms with Gasteiger partial charge in [-0.2, -0.15) is 4.31 Å². The fraction of sp³-hybridized carbons (Fsp3) is 0.476. The standard InChI is InChI=1S/C21H28BrN3O3S/c1-3-4-14-24(29(27,28)20-11-7-17(22)8-12-20)16-21(26)25(18-9-10-18)15-19-6-5-13-23(19)2/h5-8,11-13,18H,3-4,9-10,14-16H2,1-2H3. The lowest BCUT2D eigenvalue weighted by Crippen LogP contribution is -2.44. The molecule has 2 aromatic rings. The highest BCUT2D eigenvalue weighted by Gasteiger charge is 2.35. The van der Waals surface area contributed by atoms with Crippen molar-refractivity contribution in [2.75, 3.05) is 13.1 Å². The fourth-order valence-corrected chi connectivity index (χ4v) is 4.95. The second-order valence-electron chi connectivity index (χ2n) is 7.51. The first-order valence-electron chi connectivity index (χ1n) is 9.98. The van der Waals surface area contributed by atoms with Gasteiger partial charge >= 0.3 is 0 Å². The van der Waals surface area contributed by atoms with Crippen LogP contribution in [0.4, 0.5) is 0 Å². The van der Waals surface area contributed by atoms with Crippen molar-refractivity contribution in [1.82, 2.24) is 13.8 Å². The highest BCUT2D eigenvalue weighted by molar-refractivity contribution is 9.10. The third-order valence-electron chi connectivity index (χ3n) is 5.22. The molecule has 0 bridgehead atoms. The molecule has 1 heterocycles. The molecule has 1 aliphatic carbocycles. The van der Waals surface area contributed by atoms with E-state index in [2.05, 4.69) is 15.9 Å². The van der Waals surface area contributed by atoms with Gasteiger partial charge in [0.1, 0.15) is 0 Å². The van der Waals surface area contributed by atoms with Gasteiger partial charge in [-0.05, 0) is 55.7 Å². The zero-order valence-electron chi connectivity index (χ0n) is 16.9. The van der Waals surface area contributed by atoms with Crippen molar-refractivity contribution < 1.29 is 13.2 Å². The molecule has 0 unspecified atom stereocenters. The number of benzene rings is 1. The predicted molar refractivity (Wildman–Crippen MR) is 117 cm³/mol. The Morgan fingerprint density at radius 2 is 1.90 bits per heavy atom. The number of halogens is 1. The second-order valence-corrected chi connectivity index (χ2v) is 10.4. The SMILES string of the molecule is CCCCN(CC(=O)N(Cc1cccn1C)C1CC1)S(=O)(=O)c1ccc(Br)cc1. The maximum atomic E-state index is 13.2. The normalized spacial score (nSPS) is 14.3. The highest BCUT2D eigenvalue weighted by atomic mass is 79.9. The molecule has 0 spiro atoms. The van der Waals surface area contributed by atoms with Gasteiger partial charge < -0.3 is 9.47 Å². The molecule has 6 nitrogen and oxygen atoms in total. The minimum absolute atomic E-state index is 0.126. The van der Waals surface area contributed by atoms with Crippen LogP contribution in [0.25, 0.3) is 0 Å². The van der Waals surface area contributed by atoms with E-state index < -0.39 is 10.0 Å². The number of carbonyl (C=O) groups is 1. The lowest BCUT2D eigenvalue weighted by atomic mass is 10.3. The number of aromatic nitrogens is 1. The first-order chi connectivity index (χ1) is 13.8. The summed E-state index contributed by atoms with van der Waals surface area (Å²) in [6, 6.07) is 10.7. The molecule has 1 amide bonds. The quantitative estimate of drug-likeness (QED) is 0.518. The van der Waals surface area contributed by atoms with Crippen molar-refractivity contribution >= 4 is 31.9 Å². The summed E-state index contributed by atoms with van der Waals surface area (Å²) >= 11 is 3.34. The molecule has 1 fully saturated rings. The van der Waals surface area contributed by atoms with E-state index >= 15 is 0 Å². The van der Waals surface area contributed by atoms with Crippen LogP contribution in [-0.2, 0) is 28.4 Å². The average molecular weight is 482 g/mol. The summed E-state index contributed by atoms with van der Waals surface area (Å²) in [4.78, 5) is 15.2. The van der Waals surface area contributed by atoms with E-state index in [-0.39, 0.29) is 23.4 Å². The molecular formula is C21H28BrN3O3S. The van der Waals surface area contributed by atoms with E-state index in [1.807, 2.05) is 41.8 Å². The summed E-state index contributed by atoms with van der Waals surface area (Å²) in [5, 5.41) is 0. The van der Waals surface area contributed by atoms with Gasteiger partial charge in [0.25, 0.3) is 0 Å². The number of aryl methyl sites for hydroxylation is 1. The number of hydrogen-bond donors (Lipinski definition) is 0. The maximum Gasteiger partial charge on any atom is 0.243 e. The Hall–Kier alpha value is -1.64. The number of hydrogen-bond acceptors (Lipinski definition) is 3. The van der Waals surface area contributed by atoms with Crippen LogP contribution in [0.15, 0.2) is 52.0 Å². The molecule has 0 N–H and O–H groups in total. The third kappa shape index (κ3) is 5.49. The monoisotopic (exact) mass is 481 g/mol. The van der Waals surface area contributed by atoms with E-state index in [1.54, 1.807) is 24.3 Å². The van der Waals surface area contributed by atoms with E-state index in [1.165, 1.54) is 4.31 Å². The average Bonchev–Trinajstić information content (AvgIpc) is 3.45. The Morgan fingerprint density at radius 1 is 1.21 bits per heavy atom. The summed E-state index contributed by atoms with van der Waals surface area (Å²) < 4.78 is 30.5. The Kier molecular flexibility index (Phi) is 7.19. The van der Waals surface area contributed by atoms with E-state index in [4.69, 9.17) is 0 Å². The summed E-state index contributed by atoms with van der Waals surface area (Å²) in [6.45, 7) is 2.73. The van der Waals surface area contributed by atoms with Crippen molar-refractivity contribution in [2.24, 2.45) is 7.05 Å². The first-order valence-corrected chi connectivity index (χ1v) is 12.2. The summed E-state index contributed by atoms with van der Waals surface area (Å²) in [7, 11) is -1.78. The zero-order valence-corrected chi connectivity index (χ0v) is 19.3. The molecule has 29 heavy (non-hydrogen) atoms. The maximum absolute atomic E-state index is 13.2. The van der Waals surface area contributed by atoms with Crippen molar-refractivity contribution in [3.05, 3.63) is 52.8 Å². The van der Waals surface area contributed by atoms with Crippen molar-refractivity contribution in [3.8, 4) is 0 Å². The van der Waals surface area contributed by atoms with Crippen LogP contribution in [0.5, 0.6) is 0 Å². The van der Waals surface area contributed by atoms with Crippen LogP contribution in [0.3, 0.4) is 0 Å². The second kappa shape index (κ2) is 9.45. The summed E-state index contributed by atoms with van der Waals surface area (Å²) in [5.41, 5.74) is 1.04. The predicted octanol–water partition coefficient (Wildman–Crippen LogP) is 3.77. The largest absolute Gasteiger partial charge is 0.353 e. The van der Waals surface area contributed by atoms with Gasteiger partial charge in [-0.1, -0.05) is 29.3 Å². The van der Waals surface area contributed by atoms with Gasteiger partial charge in [0.05, 0.1) is 18.0 Å². The number of amides is 1. The van der Waals surface area contributed by atoms with Gasteiger partial charge in [-0.15, -0.1) is 0 Å². The lowest BCUT2D eigenvalue weighted by Gasteiger charge is -2.27. The van der Waals surface area contributed by atoms with Crippen LogP contribution in [0, 0.1) is 0 Å². The van der Waals surface area contributed by atoms with Gasteiger partial charge in [-0.25, -0.2) is 8.42 Å². The molecule has 1 aromatic carbocycles. The van der Waals surface area contributed by atoms with Crippen LogP contribution in [-0.4, -0.2) is 47.2 Å². The first kappa shape index (κ1) is 22.1. The van der Waals surface area contributed by atoms with Crippen molar-refractivity contribution in [1.29, 1.82) is 0 Å². The molecule has 1 aromatic heterocycles. The van der Waals surface area contributed by atoms with E-state index in [0.717, 1.165) is 29.4 Å². The van der Waals surface area contributed by atoms with Gasteiger partial charge in [0.15, 0.2) is 0 Å². The molecule has 0 aliphatic heterocycles. The van der Waals surface area contributed by atoms with Crippen LogP contribution < -0.4 is 0 Å². The lowest BCUT2D eigenvalue weighted by molar-refractivity contribution is -0.132. The van der Waals surface area contributed by atoms with Crippen molar-refractivity contribution in [2.45, 2.75) is 50.1 Å². The molecule has 0 atom stereocenters. The minimum Gasteiger partial charge on any atom is -0.353 e. The molecule has 1 aliphatic rings. The van der Waals surface area contributed by atoms with E-state index in [0.29, 0.717) is 19.5 Å². The zero-order chi connectivity index (χ0) is 21.0. The molecule has 0 saturated heterocycles. The van der Waals surface area contributed by atoms with Crippen LogP contribution >= 0.6 is 15.9 Å². The number of sulfonamides is 1. The van der Waals surface area contributed by atoms with Gasteiger partial charge in [0.2, 0.25) is 15.9 Å². The summed E-state index contributed by atoms with van der Waals surface area (Å²) in [6.07, 6.45) is 5.48. The van der Waals surface area contributed by atoms with E-state index in [9.17, 15) is 13.2 Å². The Morgan fingerprint density at radius 3 is 2.45 bits per heavy atom. The topological polar surface area (TPSA) is 62.6 Å². The smallest absolute Gasteiger partial charge is 0.243 e. The molecule has 3 rings (SSSR count). The molecular weight excluding hydrogens is 454 g/mol. The number of carbonyl (C=O) groups excluding carboxylic acids is 1. The number of rotatable bonds is 10. The fourth-order valence-electron chi connectivity index (χ4n) is 3.26. The van der Waals surface area contributed by atoms with Crippen molar-refractivity contribution in [3.63, 3.8) is 0 Å². The van der Waals surface area contributed by atoms with Crippen LogP contribution in [0.2, 0.25) is 0 Å². The third-order valence-corrected chi connectivity index (χ3v) is 7.60. The molecule has 8 heteroatoms. The van der Waals surface area contributed by atoms with Gasteiger partial charge in [-0.3, -0.25) is 4.79 Å². The van der Waals surface area contributed by atoms with Gasteiger partial charge in [0, 0.05) is 36.0 Å². The van der Waals surface area contributed by atoms with Crippen LogP contribution in [0.1, 0.15) is 38.3 Å². The number of unbranched alkanes of at least 4 members (excludes halogenated alkanes) is 1. The molecule has 158 valence electrons.